The number of nitrogens with zero attached hydrogens (tertiary/aromatic N) is 1. The Morgan fingerprint density at radius 1 is 1.10 bits per heavy atom. The summed E-state index contributed by atoms with van der Waals surface area (Å²) in [4.78, 5) is 2.88. The van der Waals surface area contributed by atoms with Crippen LogP contribution in [0.15, 0.2) is 42.5 Å². The number of rotatable bonds is 1. The van der Waals surface area contributed by atoms with E-state index in [0.717, 1.165) is 6.07 Å². The van der Waals surface area contributed by atoms with Crippen LogP contribution in [0.4, 0.5) is 13.2 Å². The number of H-pyrrole nitrogens is 1. The maximum Gasteiger partial charge on any atom is 0.418 e. The zero-order valence-electron chi connectivity index (χ0n) is 10.4. The minimum Gasteiger partial charge on any atom is -0.330 e. The molecule has 0 saturated heterocycles. The molecule has 0 amide bonds. The van der Waals surface area contributed by atoms with Gasteiger partial charge in [0.1, 0.15) is 0 Å². The number of halogens is 4. The van der Waals surface area contributed by atoms with E-state index in [1.54, 1.807) is 18.2 Å². The van der Waals surface area contributed by atoms with Gasteiger partial charge in [-0.2, -0.15) is 13.2 Å². The number of hydrogen-bond acceptors (Lipinski definition) is 1. The molecule has 0 radical (unpaired) electrons. The lowest BCUT2D eigenvalue weighted by Crippen LogP contribution is -2.10. The highest BCUT2D eigenvalue weighted by atomic mass is 35.5. The van der Waals surface area contributed by atoms with Gasteiger partial charge in [0.05, 0.1) is 22.3 Å². The third kappa shape index (κ3) is 2.45. The molecule has 0 saturated carbocycles. The van der Waals surface area contributed by atoms with E-state index in [-0.39, 0.29) is 10.5 Å². The predicted octanol–water partition coefficient (Wildman–Crippen LogP) is 5.36. The van der Waals surface area contributed by atoms with Crippen LogP contribution in [0.1, 0.15) is 5.56 Å². The third-order valence-electron chi connectivity index (χ3n) is 3.10. The molecular weight excluding hydrogens is 321 g/mol. The molecule has 0 aliphatic carbocycles. The van der Waals surface area contributed by atoms with Crippen LogP contribution in [0.3, 0.4) is 0 Å². The minimum absolute atomic E-state index is 0.0245. The standard InChI is InChI=1S/C14H8ClF3N2S/c15-8-5-6-10-12(7-8)20(13(21)19-10)11-4-2-1-3-9(11)14(16,17)18/h1-7H,(H,19,21). The summed E-state index contributed by atoms with van der Waals surface area (Å²) < 4.78 is 41.0. The van der Waals surface area contributed by atoms with Crippen molar-refractivity contribution in [2.24, 2.45) is 0 Å². The summed E-state index contributed by atoms with van der Waals surface area (Å²) in [5.74, 6) is 0. The highest BCUT2D eigenvalue weighted by molar-refractivity contribution is 7.71. The number of aromatic nitrogens is 2. The van der Waals surface area contributed by atoms with Crippen molar-refractivity contribution in [3.8, 4) is 5.69 Å². The summed E-state index contributed by atoms with van der Waals surface area (Å²) in [5.41, 5.74) is 0.357. The molecule has 0 spiro atoms. The van der Waals surface area contributed by atoms with Crippen LogP contribution in [0.5, 0.6) is 0 Å². The van der Waals surface area contributed by atoms with Crippen molar-refractivity contribution in [3.63, 3.8) is 0 Å². The van der Waals surface area contributed by atoms with E-state index >= 15 is 0 Å². The summed E-state index contributed by atoms with van der Waals surface area (Å²) in [7, 11) is 0. The number of benzene rings is 2. The van der Waals surface area contributed by atoms with Crippen molar-refractivity contribution < 1.29 is 13.2 Å². The number of fused-ring (bicyclic) bond motifs is 1. The summed E-state index contributed by atoms with van der Waals surface area (Å²) >= 11 is 11.1. The maximum atomic E-state index is 13.2. The average molecular weight is 329 g/mol. The van der Waals surface area contributed by atoms with Gasteiger partial charge in [-0.15, -0.1) is 0 Å². The Morgan fingerprint density at radius 3 is 2.52 bits per heavy atom. The topological polar surface area (TPSA) is 20.7 Å². The van der Waals surface area contributed by atoms with Crippen LogP contribution in [0, 0.1) is 4.77 Å². The number of hydrogen-bond donors (Lipinski definition) is 1. The molecule has 21 heavy (non-hydrogen) atoms. The van der Waals surface area contributed by atoms with Crippen LogP contribution < -0.4 is 0 Å². The SMILES string of the molecule is FC(F)(F)c1ccccc1-n1c(=S)[nH]c2ccc(Cl)cc21. The molecule has 3 rings (SSSR count). The summed E-state index contributed by atoms with van der Waals surface area (Å²) in [6, 6.07) is 10.2. The second-order valence-corrected chi connectivity index (χ2v) is 5.27. The first kappa shape index (κ1) is 14.2. The number of para-hydroxylation sites is 1. The average Bonchev–Trinajstić information content (AvgIpc) is 2.73. The Morgan fingerprint density at radius 2 is 1.81 bits per heavy atom. The molecule has 1 heterocycles. The summed E-state index contributed by atoms with van der Waals surface area (Å²) in [6.07, 6.45) is -4.46. The molecule has 0 aliphatic rings. The molecule has 0 aliphatic heterocycles. The van der Waals surface area contributed by atoms with Gasteiger partial charge in [0, 0.05) is 5.02 Å². The van der Waals surface area contributed by atoms with Gasteiger partial charge in [0.2, 0.25) is 0 Å². The smallest absolute Gasteiger partial charge is 0.330 e. The zero-order chi connectivity index (χ0) is 15.2. The number of alkyl halides is 3. The Hall–Kier alpha value is -1.79. The fourth-order valence-electron chi connectivity index (χ4n) is 2.22. The first-order valence-electron chi connectivity index (χ1n) is 5.95. The fourth-order valence-corrected chi connectivity index (χ4v) is 2.70. The van der Waals surface area contributed by atoms with Gasteiger partial charge >= 0.3 is 6.18 Å². The van der Waals surface area contributed by atoms with E-state index in [0.29, 0.717) is 16.1 Å². The summed E-state index contributed by atoms with van der Waals surface area (Å²) in [6.45, 7) is 0. The lowest BCUT2D eigenvalue weighted by Gasteiger charge is -2.14. The summed E-state index contributed by atoms with van der Waals surface area (Å²) in [5, 5.41) is 0.426. The van der Waals surface area contributed by atoms with Crippen LogP contribution in [0.25, 0.3) is 16.7 Å². The van der Waals surface area contributed by atoms with E-state index in [1.807, 2.05) is 0 Å². The number of nitrogens with one attached hydrogen (secondary N) is 1. The monoisotopic (exact) mass is 328 g/mol. The highest BCUT2D eigenvalue weighted by Gasteiger charge is 2.34. The minimum atomic E-state index is -4.46. The lowest BCUT2D eigenvalue weighted by atomic mass is 10.1. The van der Waals surface area contributed by atoms with Gasteiger partial charge in [0.25, 0.3) is 0 Å². The molecule has 7 heteroatoms. The molecular formula is C14H8ClF3N2S. The largest absolute Gasteiger partial charge is 0.418 e. The van der Waals surface area contributed by atoms with Crippen LogP contribution in [-0.4, -0.2) is 9.55 Å². The normalized spacial score (nSPS) is 12.0. The van der Waals surface area contributed by atoms with Crippen molar-refractivity contribution in [3.05, 3.63) is 57.8 Å². The molecule has 2 nitrogen and oxygen atoms in total. The van der Waals surface area contributed by atoms with Gasteiger partial charge in [-0.1, -0.05) is 23.7 Å². The third-order valence-corrected chi connectivity index (χ3v) is 3.62. The molecule has 0 bridgehead atoms. The molecule has 2 aromatic carbocycles. The predicted molar refractivity (Wildman–Crippen MR) is 78.5 cm³/mol. The van der Waals surface area contributed by atoms with Crippen molar-refractivity contribution >= 4 is 34.9 Å². The number of aromatic amines is 1. The van der Waals surface area contributed by atoms with E-state index in [9.17, 15) is 13.2 Å². The van der Waals surface area contributed by atoms with Gasteiger partial charge < -0.3 is 4.98 Å². The molecule has 3 aromatic rings. The quantitative estimate of drug-likeness (QED) is 0.596. The molecule has 0 atom stereocenters. The first-order chi connectivity index (χ1) is 9.88. The van der Waals surface area contributed by atoms with E-state index in [4.69, 9.17) is 23.8 Å². The Labute approximate surface area is 127 Å². The fraction of sp³-hybridized carbons (Fsp3) is 0.0714. The molecule has 0 fully saturated rings. The lowest BCUT2D eigenvalue weighted by molar-refractivity contribution is -0.137. The Bertz CT molecular complexity index is 880. The van der Waals surface area contributed by atoms with E-state index in [2.05, 4.69) is 4.98 Å². The zero-order valence-corrected chi connectivity index (χ0v) is 12.0. The molecule has 1 aromatic heterocycles. The molecule has 0 unspecified atom stereocenters. The van der Waals surface area contributed by atoms with Crippen LogP contribution in [-0.2, 0) is 6.18 Å². The highest BCUT2D eigenvalue weighted by Crippen LogP contribution is 2.35. The second kappa shape index (κ2) is 4.89. The van der Waals surface area contributed by atoms with Gasteiger partial charge in [-0.05, 0) is 42.5 Å². The second-order valence-electron chi connectivity index (χ2n) is 4.44. The van der Waals surface area contributed by atoms with Gasteiger partial charge in [-0.25, -0.2) is 0 Å². The van der Waals surface area contributed by atoms with Crippen LogP contribution >= 0.6 is 23.8 Å². The van der Waals surface area contributed by atoms with Gasteiger partial charge in [-0.3, -0.25) is 4.57 Å². The van der Waals surface area contributed by atoms with Gasteiger partial charge in [0.15, 0.2) is 4.77 Å². The van der Waals surface area contributed by atoms with Crippen LogP contribution in [0.2, 0.25) is 5.02 Å². The van der Waals surface area contributed by atoms with Crippen molar-refractivity contribution in [1.29, 1.82) is 0 Å². The van der Waals surface area contributed by atoms with Crippen molar-refractivity contribution in [2.75, 3.05) is 0 Å². The van der Waals surface area contributed by atoms with E-state index < -0.39 is 11.7 Å². The van der Waals surface area contributed by atoms with Crippen molar-refractivity contribution in [2.45, 2.75) is 6.18 Å². The maximum absolute atomic E-state index is 13.2. The molecule has 1 N–H and O–H groups in total. The van der Waals surface area contributed by atoms with Crippen molar-refractivity contribution in [1.82, 2.24) is 9.55 Å². The first-order valence-corrected chi connectivity index (χ1v) is 6.73. The Balaban J connectivity index is 2.39. The molecule has 108 valence electrons. The van der Waals surface area contributed by atoms with E-state index in [1.165, 1.54) is 22.8 Å². The Kier molecular flexibility index (Phi) is 3.30. The number of imidazole rings is 1.